The second-order valence-corrected chi connectivity index (χ2v) is 3.49. The van der Waals surface area contributed by atoms with Crippen LogP contribution < -0.4 is 0 Å². The fourth-order valence-corrected chi connectivity index (χ4v) is 1.48. The summed E-state index contributed by atoms with van der Waals surface area (Å²) in [5, 5.41) is 18.8. The van der Waals surface area contributed by atoms with Crippen LogP contribution >= 0.6 is 11.8 Å². The van der Waals surface area contributed by atoms with Crippen LogP contribution in [0.1, 0.15) is 0 Å². The Morgan fingerprint density at radius 2 is 1.93 bits per heavy atom. The Balaban J connectivity index is 0.00000169. The molecule has 0 aromatic heterocycles. The first-order valence-electron chi connectivity index (χ1n) is 3.72. The van der Waals surface area contributed by atoms with E-state index in [4.69, 9.17) is 5.11 Å². The molecule has 14 heavy (non-hydrogen) atoms. The highest BCUT2D eigenvalue weighted by atomic mass is 32.2. The molecule has 0 saturated heterocycles. The van der Waals surface area contributed by atoms with Crippen molar-refractivity contribution in [3.8, 4) is 0 Å². The van der Waals surface area contributed by atoms with Crippen LogP contribution in [0.4, 0.5) is 5.69 Å². The predicted molar refractivity (Wildman–Crippen MR) is 54.5 cm³/mol. The van der Waals surface area contributed by atoms with Crippen LogP contribution in [0.3, 0.4) is 0 Å². The van der Waals surface area contributed by atoms with Gasteiger partial charge in [-0.2, -0.15) is 0 Å². The Morgan fingerprint density at radius 1 is 1.36 bits per heavy atom. The van der Waals surface area contributed by atoms with Gasteiger partial charge in [0.2, 0.25) is 0 Å². The molecule has 1 aromatic rings. The van der Waals surface area contributed by atoms with E-state index in [1.165, 1.54) is 23.9 Å². The summed E-state index contributed by atoms with van der Waals surface area (Å²) in [7, 11) is 0. The van der Waals surface area contributed by atoms with Crippen molar-refractivity contribution in [3.63, 3.8) is 0 Å². The van der Waals surface area contributed by atoms with Crippen molar-refractivity contribution < 1.29 is 15.5 Å². The minimum atomic E-state index is -0.430. The summed E-state index contributed by atoms with van der Waals surface area (Å²) < 4.78 is 0. The predicted octanol–water partition coefficient (Wildman–Crippen LogP) is 0.854. The van der Waals surface area contributed by atoms with Gasteiger partial charge in [0.15, 0.2) is 0 Å². The number of thioether (sulfide) groups is 1. The molecule has 6 heteroatoms. The molecule has 1 aromatic carbocycles. The van der Waals surface area contributed by atoms with Crippen molar-refractivity contribution in [2.75, 3.05) is 12.4 Å². The summed E-state index contributed by atoms with van der Waals surface area (Å²) in [5.74, 6) is 0.609. The minimum Gasteiger partial charge on any atom is -0.412 e. The maximum Gasteiger partial charge on any atom is 0.269 e. The number of hydrogen-bond donors (Lipinski definition) is 1. The van der Waals surface area contributed by atoms with Crippen LogP contribution in [0.5, 0.6) is 0 Å². The van der Waals surface area contributed by atoms with E-state index in [2.05, 4.69) is 0 Å². The van der Waals surface area contributed by atoms with E-state index in [1.54, 1.807) is 12.1 Å². The van der Waals surface area contributed by atoms with Gasteiger partial charge in [-0.1, -0.05) is 0 Å². The molecule has 0 amide bonds. The first-order valence-corrected chi connectivity index (χ1v) is 4.70. The average Bonchev–Trinajstić information content (AvgIpc) is 2.15. The zero-order chi connectivity index (χ0) is 9.68. The molecule has 0 heterocycles. The quantitative estimate of drug-likeness (QED) is 0.459. The summed E-state index contributed by atoms with van der Waals surface area (Å²) >= 11 is 1.47. The topological polar surface area (TPSA) is 94.9 Å². The van der Waals surface area contributed by atoms with Gasteiger partial charge in [0.05, 0.1) is 11.5 Å². The van der Waals surface area contributed by atoms with Gasteiger partial charge in [0.25, 0.3) is 5.69 Å². The third-order valence-corrected chi connectivity index (χ3v) is 2.40. The van der Waals surface area contributed by atoms with Crippen LogP contribution in [-0.4, -0.2) is 27.9 Å². The molecule has 0 aliphatic heterocycles. The molecule has 0 aliphatic carbocycles. The molecule has 0 unspecified atom stereocenters. The lowest BCUT2D eigenvalue weighted by molar-refractivity contribution is -0.384. The van der Waals surface area contributed by atoms with E-state index in [-0.39, 0.29) is 17.8 Å². The highest BCUT2D eigenvalue weighted by molar-refractivity contribution is 7.99. The number of aliphatic hydroxyl groups is 1. The molecular formula is C8H11NO4S. The molecule has 0 saturated carbocycles. The minimum absolute atomic E-state index is 0. The second kappa shape index (κ2) is 6.36. The molecule has 5 nitrogen and oxygen atoms in total. The van der Waals surface area contributed by atoms with Crippen LogP contribution in [-0.2, 0) is 0 Å². The third kappa shape index (κ3) is 3.73. The molecule has 78 valence electrons. The van der Waals surface area contributed by atoms with Crippen molar-refractivity contribution in [1.29, 1.82) is 0 Å². The molecular weight excluding hydrogens is 206 g/mol. The van der Waals surface area contributed by atoms with E-state index < -0.39 is 4.92 Å². The van der Waals surface area contributed by atoms with E-state index in [0.29, 0.717) is 5.75 Å². The lowest BCUT2D eigenvalue weighted by atomic mass is 10.3. The maximum atomic E-state index is 10.3. The Morgan fingerprint density at radius 3 is 2.36 bits per heavy atom. The molecule has 0 spiro atoms. The zero-order valence-electron chi connectivity index (χ0n) is 7.34. The number of non-ortho nitro benzene ring substituents is 1. The van der Waals surface area contributed by atoms with Gasteiger partial charge in [-0.15, -0.1) is 11.8 Å². The van der Waals surface area contributed by atoms with Crippen molar-refractivity contribution in [1.82, 2.24) is 0 Å². The van der Waals surface area contributed by atoms with Crippen molar-refractivity contribution in [2.45, 2.75) is 4.90 Å². The summed E-state index contributed by atoms with van der Waals surface area (Å²) in [4.78, 5) is 10.8. The molecule has 0 atom stereocenters. The maximum absolute atomic E-state index is 10.3. The largest absolute Gasteiger partial charge is 0.412 e. The van der Waals surface area contributed by atoms with Gasteiger partial charge >= 0.3 is 0 Å². The Hall–Kier alpha value is -1.11. The van der Waals surface area contributed by atoms with Gasteiger partial charge in [0, 0.05) is 22.8 Å². The van der Waals surface area contributed by atoms with Crippen molar-refractivity contribution >= 4 is 17.4 Å². The van der Waals surface area contributed by atoms with E-state index in [9.17, 15) is 10.1 Å². The van der Waals surface area contributed by atoms with Crippen molar-refractivity contribution in [2.24, 2.45) is 0 Å². The van der Waals surface area contributed by atoms with Gasteiger partial charge in [-0.3, -0.25) is 10.1 Å². The highest BCUT2D eigenvalue weighted by Crippen LogP contribution is 2.20. The van der Waals surface area contributed by atoms with Gasteiger partial charge in [-0.25, -0.2) is 0 Å². The van der Waals surface area contributed by atoms with Gasteiger partial charge < -0.3 is 10.6 Å². The molecule has 1 rings (SSSR count). The number of nitro benzene ring substituents is 1. The normalized spacial score (nSPS) is 9.21. The molecule has 0 radical (unpaired) electrons. The van der Waals surface area contributed by atoms with Crippen LogP contribution in [0, 0.1) is 10.1 Å². The highest BCUT2D eigenvalue weighted by Gasteiger charge is 2.03. The summed E-state index contributed by atoms with van der Waals surface area (Å²) in [6, 6.07) is 6.27. The fourth-order valence-electron chi connectivity index (χ4n) is 0.828. The SMILES string of the molecule is O.O=[N+]([O-])c1ccc(SCCO)cc1. The lowest BCUT2D eigenvalue weighted by Gasteiger charge is -1.97. The monoisotopic (exact) mass is 217 g/mol. The Kier molecular flexibility index (Phi) is 5.86. The number of nitro groups is 1. The third-order valence-electron chi connectivity index (χ3n) is 1.41. The molecule has 0 fully saturated rings. The van der Waals surface area contributed by atoms with Crippen LogP contribution in [0.2, 0.25) is 0 Å². The average molecular weight is 217 g/mol. The van der Waals surface area contributed by atoms with Gasteiger partial charge in [-0.05, 0) is 12.1 Å². The summed E-state index contributed by atoms with van der Waals surface area (Å²) in [5.41, 5.74) is 0.0911. The second-order valence-electron chi connectivity index (χ2n) is 2.32. The fraction of sp³-hybridized carbons (Fsp3) is 0.250. The Bertz CT molecular complexity index is 288. The Labute approximate surface area is 85.2 Å². The number of benzene rings is 1. The van der Waals surface area contributed by atoms with Crippen LogP contribution in [0.15, 0.2) is 29.2 Å². The molecule has 3 N–H and O–H groups in total. The standard InChI is InChI=1S/C8H9NO3S.H2O/c10-5-6-13-8-3-1-7(2-4-8)9(11)12;/h1-4,10H,5-6H2;1H2. The number of aliphatic hydroxyl groups excluding tert-OH is 1. The van der Waals surface area contributed by atoms with Crippen molar-refractivity contribution in [3.05, 3.63) is 34.4 Å². The lowest BCUT2D eigenvalue weighted by Crippen LogP contribution is -1.88. The van der Waals surface area contributed by atoms with E-state index in [0.717, 1.165) is 4.90 Å². The molecule has 0 bridgehead atoms. The number of nitrogens with zero attached hydrogens (tertiary/aromatic N) is 1. The number of hydrogen-bond acceptors (Lipinski definition) is 4. The number of rotatable bonds is 4. The van der Waals surface area contributed by atoms with E-state index in [1.807, 2.05) is 0 Å². The van der Waals surface area contributed by atoms with E-state index >= 15 is 0 Å². The van der Waals surface area contributed by atoms with Crippen LogP contribution in [0.25, 0.3) is 0 Å². The van der Waals surface area contributed by atoms with Gasteiger partial charge in [0.1, 0.15) is 0 Å². The molecule has 0 aliphatic rings. The summed E-state index contributed by atoms with van der Waals surface area (Å²) in [6.07, 6.45) is 0. The smallest absolute Gasteiger partial charge is 0.269 e. The zero-order valence-corrected chi connectivity index (χ0v) is 8.16. The first-order chi connectivity index (χ1) is 6.24. The summed E-state index contributed by atoms with van der Waals surface area (Å²) in [6.45, 7) is 0.113. The first kappa shape index (κ1) is 12.9.